The fraction of sp³-hybridized carbons (Fsp3) is 0.190. The van der Waals surface area contributed by atoms with E-state index >= 15 is 0 Å². The number of benzene rings is 2. The molecule has 2 heterocycles. The highest BCUT2D eigenvalue weighted by molar-refractivity contribution is 6.30. The van der Waals surface area contributed by atoms with Crippen molar-refractivity contribution in [2.75, 3.05) is 6.79 Å². The highest BCUT2D eigenvalue weighted by Crippen LogP contribution is 2.37. The molecule has 1 aromatic heterocycles. The maximum Gasteiger partial charge on any atom is 0.450 e. The maximum absolute atomic E-state index is 13.8. The first-order chi connectivity index (χ1) is 14.7. The van der Waals surface area contributed by atoms with E-state index in [0.29, 0.717) is 21.9 Å². The van der Waals surface area contributed by atoms with Gasteiger partial charge in [-0.2, -0.15) is 13.2 Å². The van der Waals surface area contributed by atoms with Crippen LogP contribution in [-0.2, 0) is 24.1 Å². The third-order valence-electron chi connectivity index (χ3n) is 4.55. The number of furan rings is 1. The van der Waals surface area contributed by atoms with Crippen LogP contribution in [0.2, 0.25) is 5.02 Å². The third kappa shape index (κ3) is 4.52. The molecule has 162 valence electrons. The summed E-state index contributed by atoms with van der Waals surface area (Å²) in [5, 5.41) is 2.77. The summed E-state index contributed by atoms with van der Waals surface area (Å²) in [6.07, 6.45) is -4.89. The first-order valence-corrected chi connectivity index (χ1v) is 9.37. The molecule has 0 aliphatic carbocycles. The zero-order chi connectivity index (χ0) is 22.2. The van der Waals surface area contributed by atoms with Crippen LogP contribution in [-0.4, -0.2) is 12.7 Å². The van der Waals surface area contributed by atoms with Gasteiger partial charge >= 0.3 is 6.18 Å². The van der Waals surface area contributed by atoms with Gasteiger partial charge in [0, 0.05) is 28.3 Å². The standard InChI is InChI=1S/C21H14ClF4NO4/c22-14-3-1-11(2-4-14)17-7-16(19(31-17)21(24,25)26)20(28)27-8-12-5-15(23)6-13-9-29-10-30-18(12)13/h1-7H,8-10H2,(H,27,28). The first kappa shape index (κ1) is 21.2. The molecule has 1 aliphatic heterocycles. The van der Waals surface area contributed by atoms with E-state index in [1.165, 1.54) is 30.3 Å². The van der Waals surface area contributed by atoms with E-state index in [4.69, 9.17) is 25.5 Å². The number of halogens is 5. The van der Waals surface area contributed by atoms with Crippen molar-refractivity contribution in [3.05, 3.63) is 75.8 Å². The minimum atomic E-state index is -4.89. The van der Waals surface area contributed by atoms with Gasteiger partial charge in [-0.1, -0.05) is 11.6 Å². The Labute approximate surface area is 178 Å². The lowest BCUT2D eigenvalue weighted by atomic mass is 10.1. The number of ether oxygens (including phenoxy) is 2. The van der Waals surface area contributed by atoms with Gasteiger partial charge in [-0.05, 0) is 42.5 Å². The van der Waals surface area contributed by atoms with Crippen molar-refractivity contribution >= 4 is 17.5 Å². The van der Waals surface area contributed by atoms with Gasteiger partial charge < -0.3 is 19.2 Å². The van der Waals surface area contributed by atoms with Crippen molar-refractivity contribution in [2.45, 2.75) is 19.3 Å². The lowest BCUT2D eigenvalue weighted by Crippen LogP contribution is -2.26. The summed E-state index contributed by atoms with van der Waals surface area (Å²) in [6, 6.07) is 9.31. The molecular weight excluding hydrogens is 442 g/mol. The highest BCUT2D eigenvalue weighted by atomic mass is 35.5. The van der Waals surface area contributed by atoms with Crippen molar-refractivity contribution < 1.29 is 36.2 Å². The molecule has 10 heteroatoms. The van der Waals surface area contributed by atoms with Crippen molar-refractivity contribution in [2.24, 2.45) is 0 Å². The number of carbonyl (C=O) groups is 1. The molecule has 4 rings (SSSR count). The number of carbonyl (C=O) groups excluding carboxylic acids is 1. The van der Waals surface area contributed by atoms with Gasteiger partial charge in [-0.15, -0.1) is 0 Å². The van der Waals surface area contributed by atoms with Crippen LogP contribution in [0.25, 0.3) is 11.3 Å². The summed E-state index contributed by atoms with van der Waals surface area (Å²) in [5.74, 6) is -2.85. The largest absolute Gasteiger partial charge is 0.467 e. The fourth-order valence-electron chi connectivity index (χ4n) is 3.19. The Kier molecular flexibility index (Phi) is 5.63. The summed E-state index contributed by atoms with van der Waals surface area (Å²) in [6.45, 7) is -0.180. The van der Waals surface area contributed by atoms with Crippen molar-refractivity contribution in [3.63, 3.8) is 0 Å². The SMILES string of the molecule is O=C(NCc1cc(F)cc2c1OCOC2)c1cc(-c2ccc(Cl)cc2)oc1C(F)(F)F. The number of nitrogens with one attached hydrogen (secondary N) is 1. The maximum atomic E-state index is 13.8. The van der Waals surface area contributed by atoms with Crippen LogP contribution in [0, 0.1) is 5.82 Å². The van der Waals surface area contributed by atoms with Gasteiger partial charge in [-0.3, -0.25) is 4.79 Å². The van der Waals surface area contributed by atoms with E-state index in [9.17, 15) is 22.4 Å². The molecule has 0 radical (unpaired) electrons. The molecule has 5 nitrogen and oxygen atoms in total. The van der Waals surface area contributed by atoms with Crippen LogP contribution in [0.5, 0.6) is 5.75 Å². The molecule has 1 N–H and O–H groups in total. The number of rotatable bonds is 4. The van der Waals surface area contributed by atoms with E-state index in [1.807, 2.05) is 0 Å². The van der Waals surface area contributed by atoms with E-state index in [2.05, 4.69) is 5.32 Å². The van der Waals surface area contributed by atoms with E-state index in [1.54, 1.807) is 0 Å². The molecule has 0 spiro atoms. The minimum Gasteiger partial charge on any atom is -0.467 e. The zero-order valence-corrected chi connectivity index (χ0v) is 16.4. The van der Waals surface area contributed by atoms with Crippen LogP contribution in [0.3, 0.4) is 0 Å². The molecule has 0 saturated carbocycles. The number of hydrogen-bond acceptors (Lipinski definition) is 4. The second-order valence-corrected chi connectivity index (χ2v) is 7.14. The summed E-state index contributed by atoms with van der Waals surface area (Å²) < 4.78 is 69.6. The summed E-state index contributed by atoms with van der Waals surface area (Å²) in [7, 11) is 0. The van der Waals surface area contributed by atoms with Gasteiger partial charge in [0.2, 0.25) is 5.76 Å². The molecule has 1 amide bonds. The van der Waals surface area contributed by atoms with Crippen LogP contribution < -0.4 is 10.1 Å². The quantitative estimate of drug-likeness (QED) is 0.524. The van der Waals surface area contributed by atoms with Gasteiger partial charge in [0.25, 0.3) is 5.91 Å². The average molecular weight is 456 g/mol. The van der Waals surface area contributed by atoms with E-state index < -0.39 is 29.2 Å². The molecule has 0 fully saturated rings. The summed E-state index contributed by atoms with van der Waals surface area (Å²) >= 11 is 5.80. The molecule has 1 aliphatic rings. The molecule has 0 saturated heterocycles. The fourth-order valence-corrected chi connectivity index (χ4v) is 3.31. The monoisotopic (exact) mass is 455 g/mol. The van der Waals surface area contributed by atoms with Gasteiger partial charge in [0.1, 0.15) is 17.3 Å². The topological polar surface area (TPSA) is 60.7 Å². The van der Waals surface area contributed by atoms with Gasteiger partial charge in [0.05, 0.1) is 12.2 Å². The Hall–Kier alpha value is -3.04. The van der Waals surface area contributed by atoms with Crippen LogP contribution in [0.1, 0.15) is 27.2 Å². The molecule has 0 atom stereocenters. The Balaban J connectivity index is 1.61. The molecule has 0 unspecified atom stereocenters. The van der Waals surface area contributed by atoms with Crippen LogP contribution in [0.15, 0.2) is 46.9 Å². The van der Waals surface area contributed by atoms with Crippen molar-refractivity contribution in [1.29, 1.82) is 0 Å². The molecule has 0 bridgehead atoms. The summed E-state index contributed by atoms with van der Waals surface area (Å²) in [5.41, 5.74) is 0.356. The van der Waals surface area contributed by atoms with E-state index in [-0.39, 0.29) is 31.3 Å². The molecule has 31 heavy (non-hydrogen) atoms. The molecule has 3 aromatic rings. The third-order valence-corrected chi connectivity index (χ3v) is 4.81. The van der Waals surface area contributed by atoms with Crippen molar-refractivity contribution in [1.82, 2.24) is 5.32 Å². The Morgan fingerprint density at radius 2 is 1.87 bits per heavy atom. The number of alkyl halides is 3. The Morgan fingerprint density at radius 1 is 1.13 bits per heavy atom. The minimum absolute atomic E-state index is 0.0516. The first-order valence-electron chi connectivity index (χ1n) is 8.99. The smallest absolute Gasteiger partial charge is 0.450 e. The second kappa shape index (κ2) is 8.24. The van der Waals surface area contributed by atoms with Crippen LogP contribution in [0.4, 0.5) is 17.6 Å². The predicted octanol–water partition coefficient (Wildman–Crippen LogP) is 5.55. The summed E-state index contributed by atoms with van der Waals surface area (Å²) in [4.78, 5) is 12.6. The second-order valence-electron chi connectivity index (χ2n) is 6.70. The number of amides is 1. The van der Waals surface area contributed by atoms with Crippen molar-refractivity contribution in [3.8, 4) is 17.1 Å². The number of hydrogen-bond donors (Lipinski definition) is 1. The van der Waals surface area contributed by atoms with Crippen LogP contribution >= 0.6 is 11.6 Å². The normalized spacial score (nSPS) is 13.5. The average Bonchev–Trinajstić information content (AvgIpc) is 3.18. The van der Waals surface area contributed by atoms with E-state index in [0.717, 1.165) is 12.1 Å². The Morgan fingerprint density at radius 3 is 2.58 bits per heavy atom. The Bertz CT molecular complexity index is 1130. The molecule has 2 aromatic carbocycles. The lowest BCUT2D eigenvalue weighted by molar-refractivity contribution is -0.153. The molecular formula is C21H14ClF4NO4. The van der Waals surface area contributed by atoms with Gasteiger partial charge in [-0.25, -0.2) is 4.39 Å². The highest BCUT2D eigenvalue weighted by Gasteiger charge is 2.40. The lowest BCUT2D eigenvalue weighted by Gasteiger charge is -2.21. The van der Waals surface area contributed by atoms with Gasteiger partial charge in [0.15, 0.2) is 6.79 Å². The predicted molar refractivity (Wildman–Crippen MR) is 102 cm³/mol. The zero-order valence-electron chi connectivity index (χ0n) is 15.7. The number of fused-ring (bicyclic) bond motifs is 1.